The molecular weight excluding hydrogens is 528 g/mol. The Balaban J connectivity index is 1.47. The highest BCUT2D eigenvalue weighted by atomic mass is 32.2. The summed E-state index contributed by atoms with van der Waals surface area (Å²) < 4.78 is 0. The van der Waals surface area contributed by atoms with Crippen molar-refractivity contribution in [2.75, 3.05) is 16.4 Å². The first-order chi connectivity index (χ1) is 19.4. The van der Waals surface area contributed by atoms with Gasteiger partial charge in [-0.2, -0.15) is 0 Å². The SMILES string of the molecule is O=C(CSc1cccc(NC(=O)/C(=C\c2ccc([N+](=O)[O-])cc2)NC(=O)c2ccccc2)c1)Nc1ccccc1. The van der Waals surface area contributed by atoms with Crippen LogP contribution in [-0.2, 0) is 9.59 Å². The number of hydrogen-bond donors (Lipinski definition) is 3. The molecule has 0 saturated carbocycles. The molecule has 3 N–H and O–H groups in total. The van der Waals surface area contributed by atoms with Crippen LogP contribution in [0.4, 0.5) is 17.1 Å². The van der Waals surface area contributed by atoms with E-state index in [-0.39, 0.29) is 23.0 Å². The van der Waals surface area contributed by atoms with Crippen LogP contribution in [0.2, 0.25) is 0 Å². The number of carbonyl (C=O) groups excluding carboxylic acids is 3. The molecule has 3 amide bonds. The van der Waals surface area contributed by atoms with Gasteiger partial charge in [-0.3, -0.25) is 24.5 Å². The largest absolute Gasteiger partial charge is 0.325 e. The zero-order valence-electron chi connectivity index (χ0n) is 21.1. The third-order valence-corrected chi connectivity index (χ3v) is 6.46. The third kappa shape index (κ3) is 8.14. The molecule has 0 bridgehead atoms. The van der Waals surface area contributed by atoms with E-state index in [9.17, 15) is 24.5 Å². The van der Waals surface area contributed by atoms with Crippen LogP contribution in [0.15, 0.2) is 120 Å². The number of nitro groups is 1. The number of benzene rings is 4. The Labute approximate surface area is 234 Å². The van der Waals surface area contributed by atoms with Gasteiger partial charge >= 0.3 is 0 Å². The summed E-state index contributed by atoms with van der Waals surface area (Å²) >= 11 is 1.31. The van der Waals surface area contributed by atoms with E-state index in [4.69, 9.17) is 0 Å². The van der Waals surface area contributed by atoms with E-state index < -0.39 is 16.7 Å². The summed E-state index contributed by atoms with van der Waals surface area (Å²) in [5.41, 5.74) is 1.86. The molecule has 40 heavy (non-hydrogen) atoms. The van der Waals surface area contributed by atoms with Gasteiger partial charge in [0, 0.05) is 34.0 Å². The van der Waals surface area contributed by atoms with E-state index in [1.165, 1.54) is 42.1 Å². The number of para-hydroxylation sites is 1. The Morgan fingerprint density at radius 1 is 0.775 bits per heavy atom. The zero-order chi connectivity index (χ0) is 28.3. The topological polar surface area (TPSA) is 130 Å². The number of non-ortho nitro benzene ring substituents is 1. The second kappa shape index (κ2) is 13.5. The summed E-state index contributed by atoms with van der Waals surface area (Å²) in [6.07, 6.45) is 1.44. The number of hydrogen-bond acceptors (Lipinski definition) is 6. The van der Waals surface area contributed by atoms with E-state index >= 15 is 0 Å². The van der Waals surface area contributed by atoms with Crippen LogP contribution in [0.5, 0.6) is 0 Å². The summed E-state index contributed by atoms with van der Waals surface area (Å²) in [6, 6.07) is 30.1. The Bertz CT molecular complexity index is 1540. The fourth-order valence-electron chi connectivity index (χ4n) is 3.53. The number of nitro benzene ring substituents is 1. The molecule has 200 valence electrons. The predicted octanol–water partition coefficient (Wildman–Crippen LogP) is 5.74. The predicted molar refractivity (Wildman–Crippen MR) is 156 cm³/mol. The van der Waals surface area contributed by atoms with Gasteiger partial charge < -0.3 is 16.0 Å². The maximum atomic E-state index is 13.3. The number of nitrogens with zero attached hydrogens (tertiary/aromatic N) is 1. The van der Waals surface area contributed by atoms with Crippen LogP contribution in [0, 0.1) is 10.1 Å². The van der Waals surface area contributed by atoms with Crippen molar-refractivity contribution in [1.82, 2.24) is 5.32 Å². The van der Waals surface area contributed by atoms with Crippen LogP contribution in [0.1, 0.15) is 15.9 Å². The van der Waals surface area contributed by atoms with E-state index in [1.807, 2.05) is 24.3 Å². The van der Waals surface area contributed by atoms with Gasteiger partial charge in [0.05, 0.1) is 10.7 Å². The van der Waals surface area contributed by atoms with Gasteiger partial charge in [-0.25, -0.2) is 0 Å². The molecule has 4 aromatic carbocycles. The lowest BCUT2D eigenvalue weighted by Gasteiger charge is -2.12. The molecule has 0 atom stereocenters. The summed E-state index contributed by atoms with van der Waals surface area (Å²) in [5, 5.41) is 19.2. The molecule has 0 aliphatic heterocycles. The zero-order valence-corrected chi connectivity index (χ0v) is 21.9. The number of amides is 3. The van der Waals surface area contributed by atoms with Gasteiger partial charge in [0.2, 0.25) is 5.91 Å². The Morgan fingerprint density at radius 3 is 2.10 bits per heavy atom. The van der Waals surface area contributed by atoms with Crippen LogP contribution >= 0.6 is 11.8 Å². The van der Waals surface area contributed by atoms with Crippen molar-refractivity contribution in [3.8, 4) is 0 Å². The lowest BCUT2D eigenvalue weighted by molar-refractivity contribution is -0.384. The number of thioether (sulfide) groups is 1. The number of carbonyl (C=O) groups is 3. The molecule has 0 aromatic heterocycles. The molecule has 0 aliphatic rings. The molecule has 0 heterocycles. The number of nitrogens with one attached hydrogen (secondary N) is 3. The monoisotopic (exact) mass is 552 g/mol. The minimum atomic E-state index is -0.591. The normalized spacial score (nSPS) is 10.8. The van der Waals surface area contributed by atoms with Crippen molar-refractivity contribution in [2.24, 2.45) is 0 Å². The van der Waals surface area contributed by atoms with E-state index in [1.54, 1.807) is 60.7 Å². The maximum Gasteiger partial charge on any atom is 0.272 e. The van der Waals surface area contributed by atoms with Crippen molar-refractivity contribution in [3.63, 3.8) is 0 Å². The van der Waals surface area contributed by atoms with Crippen LogP contribution < -0.4 is 16.0 Å². The highest BCUT2D eigenvalue weighted by molar-refractivity contribution is 8.00. The fraction of sp³-hybridized carbons (Fsp3) is 0.0333. The Hall–Kier alpha value is -5.22. The summed E-state index contributed by atoms with van der Waals surface area (Å²) in [6.45, 7) is 0. The molecule has 0 unspecified atom stereocenters. The molecule has 0 fully saturated rings. The van der Waals surface area contributed by atoms with Crippen molar-refractivity contribution in [2.45, 2.75) is 4.90 Å². The first-order valence-electron chi connectivity index (χ1n) is 12.1. The average Bonchev–Trinajstić information content (AvgIpc) is 2.97. The standard InChI is InChI=1S/C30H24N4O5S/c35-28(31-23-10-5-2-6-11-23)20-40-26-13-7-12-24(19-26)32-30(37)27(33-29(36)22-8-3-1-4-9-22)18-21-14-16-25(17-15-21)34(38)39/h1-19H,20H2,(H,31,35)(H,32,37)(H,33,36)/b27-18+. The molecule has 0 spiro atoms. The molecule has 0 radical (unpaired) electrons. The highest BCUT2D eigenvalue weighted by Crippen LogP contribution is 2.23. The molecule has 10 heteroatoms. The van der Waals surface area contributed by atoms with Gasteiger partial charge in [-0.15, -0.1) is 11.8 Å². The lowest BCUT2D eigenvalue weighted by Crippen LogP contribution is -2.30. The molecule has 9 nitrogen and oxygen atoms in total. The maximum absolute atomic E-state index is 13.3. The first kappa shape index (κ1) is 27.8. The smallest absolute Gasteiger partial charge is 0.272 e. The van der Waals surface area contributed by atoms with E-state index in [0.717, 1.165) is 4.90 Å². The summed E-state index contributed by atoms with van der Waals surface area (Å²) in [5.74, 6) is -1.07. The lowest BCUT2D eigenvalue weighted by atomic mass is 10.1. The Morgan fingerprint density at radius 2 is 1.43 bits per heavy atom. The van der Waals surface area contributed by atoms with Crippen LogP contribution in [0.25, 0.3) is 6.08 Å². The van der Waals surface area contributed by atoms with Crippen molar-refractivity contribution < 1.29 is 19.3 Å². The molecule has 0 saturated heterocycles. The van der Waals surface area contributed by atoms with E-state index in [0.29, 0.717) is 22.5 Å². The van der Waals surface area contributed by atoms with Gasteiger partial charge in [0.15, 0.2) is 0 Å². The number of anilines is 2. The van der Waals surface area contributed by atoms with Gasteiger partial charge in [0.1, 0.15) is 5.70 Å². The molecule has 0 aliphatic carbocycles. The van der Waals surface area contributed by atoms with Crippen molar-refractivity contribution in [3.05, 3.63) is 136 Å². The second-order valence-corrected chi connectivity index (χ2v) is 9.46. The van der Waals surface area contributed by atoms with E-state index in [2.05, 4.69) is 16.0 Å². The second-order valence-electron chi connectivity index (χ2n) is 8.41. The number of rotatable bonds is 10. The molecule has 4 aromatic rings. The minimum absolute atomic E-state index is 0.0528. The third-order valence-electron chi connectivity index (χ3n) is 5.46. The minimum Gasteiger partial charge on any atom is -0.325 e. The van der Waals surface area contributed by atoms with Crippen LogP contribution in [0.3, 0.4) is 0 Å². The molecule has 4 rings (SSSR count). The fourth-order valence-corrected chi connectivity index (χ4v) is 4.29. The van der Waals surface area contributed by atoms with Gasteiger partial charge in [-0.1, -0.05) is 42.5 Å². The average molecular weight is 553 g/mol. The van der Waals surface area contributed by atoms with Gasteiger partial charge in [0.25, 0.3) is 17.5 Å². The van der Waals surface area contributed by atoms with Crippen LogP contribution in [-0.4, -0.2) is 28.4 Å². The van der Waals surface area contributed by atoms with Crippen molar-refractivity contribution in [1.29, 1.82) is 0 Å². The quantitative estimate of drug-likeness (QED) is 0.0996. The Kier molecular flexibility index (Phi) is 9.41. The first-order valence-corrected chi connectivity index (χ1v) is 13.1. The highest BCUT2D eigenvalue weighted by Gasteiger charge is 2.16. The van der Waals surface area contributed by atoms with Gasteiger partial charge in [-0.05, 0) is 66.2 Å². The summed E-state index contributed by atoms with van der Waals surface area (Å²) in [7, 11) is 0. The molecular formula is C30H24N4O5S. The summed E-state index contributed by atoms with van der Waals surface area (Å²) in [4.78, 5) is 49.6. The van der Waals surface area contributed by atoms with Crippen molar-refractivity contribution >= 4 is 52.6 Å².